The Bertz CT molecular complexity index is 704. The van der Waals surface area contributed by atoms with Gasteiger partial charge in [0.1, 0.15) is 25.3 Å². The third kappa shape index (κ3) is 7.27. The van der Waals surface area contributed by atoms with Gasteiger partial charge in [0, 0.05) is 13.1 Å². The van der Waals surface area contributed by atoms with Crippen molar-refractivity contribution in [2.75, 3.05) is 19.7 Å². The number of amides is 1. The molecule has 0 saturated carbocycles. The second-order valence-electron chi connectivity index (χ2n) is 5.44. The quantitative estimate of drug-likeness (QED) is 0.705. The Balaban J connectivity index is 0.00000225. The van der Waals surface area contributed by atoms with Crippen LogP contribution < -0.4 is 10.6 Å². The first-order chi connectivity index (χ1) is 11.6. The summed E-state index contributed by atoms with van der Waals surface area (Å²) in [5.41, 5.74) is 0.874. The Hall–Kier alpha value is -0.800. The van der Waals surface area contributed by atoms with Gasteiger partial charge >= 0.3 is 0 Å². The van der Waals surface area contributed by atoms with Gasteiger partial charge in [0.25, 0.3) is 0 Å². The van der Waals surface area contributed by atoms with Gasteiger partial charge in [-0.2, -0.15) is 5.10 Å². The van der Waals surface area contributed by atoms with Crippen LogP contribution in [0.5, 0.6) is 0 Å². The van der Waals surface area contributed by atoms with Crippen molar-refractivity contribution in [2.24, 2.45) is 0 Å². The zero-order valence-corrected chi connectivity index (χ0v) is 18.0. The van der Waals surface area contributed by atoms with Gasteiger partial charge in [-0.3, -0.25) is 4.79 Å². The van der Waals surface area contributed by atoms with E-state index < -0.39 is 0 Å². The van der Waals surface area contributed by atoms with E-state index in [1.54, 1.807) is 12.1 Å². The molecular weight excluding hydrogens is 459 g/mol. The lowest BCUT2D eigenvalue weighted by Gasteiger charge is -2.26. The van der Waals surface area contributed by atoms with Crippen LogP contribution in [0, 0.1) is 0 Å². The zero-order chi connectivity index (χ0) is 16.9. The van der Waals surface area contributed by atoms with E-state index in [2.05, 4.69) is 20.7 Å². The minimum atomic E-state index is -0.311. The molecule has 2 atom stereocenters. The summed E-state index contributed by atoms with van der Waals surface area (Å²) in [6.45, 7) is 1.95. The number of rotatable bonds is 4. The minimum absolute atomic E-state index is 0. The summed E-state index contributed by atoms with van der Waals surface area (Å²) in [4.78, 5) is 16.1. The third-order valence-electron chi connectivity index (χ3n) is 3.70. The van der Waals surface area contributed by atoms with Crippen molar-refractivity contribution in [1.29, 1.82) is 0 Å². The van der Waals surface area contributed by atoms with Crippen molar-refractivity contribution in [3.05, 3.63) is 46.5 Å². The summed E-state index contributed by atoms with van der Waals surface area (Å²) in [7, 11) is 0. The van der Waals surface area contributed by atoms with Gasteiger partial charge in [-0.25, -0.2) is 9.67 Å². The number of halogens is 5. The predicted molar refractivity (Wildman–Crippen MR) is 112 cm³/mol. The SMILES string of the molecule is Cl.Cl.Cl.O=C(Cn1cncn1)N[C@@H]1CNCCO[C@H]1c1ccc(Cl)c(Cl)c1. The number of nitrogens with zero attached hydrogens (tertiary/aromatic N) is 3. The second kappa shape index (κ2) is 12.6. The molecule has 3 rings (SSSR count). The van der Waals surface area contributed by atoms with Gasteiger partial charge in [-0.05, 0) is 17.7 Å². The molecule has 0 bridgehead atoms. The number of ether oxygens (including phenoxy) is 1. The average Bonchev–Trinajstić information content (AvgIpc) is 2.95. The number of carbonyl (C=O) groups is 1. The standard InChI is InChI=1S/C15H17Cl2N5O2.3ClH/c16-11-2-1-10(5-12(11)17)15-13(6-18-3-4-24-15)21-14(23)7-22-9-19-8-20-22;;;/h1-2,5,8-9,13,15,18H,3-4,6-7H2,(H,21,23);3*1H/t13-,15+;;;/m1.../s1. The van der Waals surface area contributed by atoms with Crippen LogP contribution in [0.4, 0.5) is 0 Å². The molecule has 1 aromatic carbocycles. The smallest absolute Gasteiger partial charge is 0.242 e. The molecule has 1 aliphatic heterocycles. The first kappa shape index (κ1) is 26.2. The molecule has 0 aliphatic carbocycles. The summed E-state index contributed by atoms with van der Waals surface area (Å²) in [5, 5.41) is 11.1. The van der Waals surface area contributed by atoms with Gasteiger partial charge < -0.3 is 15.4 Å². The van der Waals surface area contributed by atoms with E-state index >= 15 is 0 Å². The summed E-state index contributed by atoms with van der Waals surface area (Å²) in [6.07, 6.45) is 2.58. The second-order valence-corrected chi connectivity index (χ2v) is 6.25. The molecule has 152 valence electrons. The molecule has 12 heteroatoms. The lowest BCUT2D eigenvalue weighted by Crippen LogP contribution is -2.46. The van der Waals surface area contributed by atoms with Crippen molar-refractivity contribution >= 4 is 66.3 Å². The van der Waals surface area contributed by atoms with Crippen molar-refractivity contribution in [3.63, 3.8) is 0 Å². The van der Waals surface area contributed by atoms with Crippen molar-refractivity contribution < 1.29 is 9.53 Å². The number of carbonyl (C=O) groups excluding carboxylic acids is 1. The fraction of sp³-hybridized carbons (Fsp3) is 0.400. The van der Waals surface area contributed by atoms with Gasteiger partial charge in [-0.15, -0.1) is 37.2 Å². The maximum absolute atomic E-state index is 12.3. The van der Waals surface area contributed by atoms with E-state index in [0.717, 1.165) is 5.56 Å². The summed E-state index contributed by atoms with van der Waals surface area (Å²) >= 11 is 12.1. The van der Waals surface area contributed by atoms with E-state index in [1.807, 2.05) is 6.07 Å². The van der Waals surface area contributed by atoms with Crippen LogP contribution in [-0.4, -0.2) is 46.4 Å². The lowest BCUT2D eigenvalue weighted by molar-refractivity contribution is -0.123. The Labute approximate surface area is 185 Å². The van der Waals surface area contributed by atoms with Gasteiger partial charge in [-0.1, -0.05) is 29.3 Å². The van der Waals surface area contributed by atoms with Crippen LogP contribution in [0.1, 0.15) is 11.7 Å². The normalized spacial score (nSPS) is 18.9. The number of benzene rings is 1. The van der Waals surface area contributed by atoms with E-state index in [-0.39, 0.29) is 61.8 Å². The summed E-state index contributed by atoms with van der Waals surface area (Å²) < 4.78 is 7.39. The van der Waals surface area contributed by atoms with E-state index in [0.29, 0.717) is 29.7 Å². The molecule has 1 saturated heterocycles. The van der Waals surface area contributed by atoms with Gasteiger partial charge in [0.15, 0.2) is 0 Å². The van der Waals surface area contributed by atoms with Crippen LogP contribution in [0.2, 0.25) is 10.0 Å². The van der Waals surface area contributed by atoms with Crippen LogP contribution in [0.15, 0.2) is 30.9 Å². The number of nitrogens with one attached hydrogen (secondary N) is 2. The molecule has 0 spiro atoms. The highest BCUT2D eigenvalue weighted by Gasteiger charge is 2.28. The predicted octanol–water partition coefficient (Wildman–Crippen LogP) is 2.70. The monoisotopic (exact) mass is 477 g/mol. The average molecular weight is 480 g/mol. The van der Waals surface area contributed by atoms with Crippen molar-refractivity contribution in [1.82, 2.24) is 25.4 Å². The van der Waals surface area contributed by atoms with Gasteiger partial charge in [0.05, 0.1) is 22.7 Å². The molecule has 7 nitrogen and oxygen atoms in total. The molecule has 1 aliphatic rings. The maximum Gasteiger partial charge on any atom is 0.242 e. The molecule has 0 radical (unpaired) electrons. The highest BCUT2D eigenvalue weighted by atomic mass is 35.5. The molecule has 2 N–H and O–H groups in total. The van der Waals surface area contributed by atoms with Crippen LogP contribution in [0.3, 0.4) is 0 Å². The van der Waals surface area contributed by atoms with Crippen LogP contribution in [0.25, 0.3) is 0 Å². The van der Waals surface area contributed by atoms with Gasteiger partial charge in [0.2, 0.25) is 5.91 Å². The van der Waals surface area contributed by atoms with E-state index in [9.17, 15) is 4.79 Å². The third-order valence-corrected chi connectivity index (χ3v) is 4.44. The highest BCUT2D eigenvalue weighted by molar-refractivity contribution is 6.42. The number of aromatic nitrogens is 3. The fourth-order valence-electron chi connectivity index (χ4n) is 2.60. The molecule has 0 unspecified atom stereocenters. The Morgan fingerprint density at radius 2 is 2.07 bits per heavy atom. The molecule has 2 aromatic rings. The molecule has 27 heavy (non-hydrogen) atoms. The highest BCUT2D eigenvalue weighted by Crippen LogP contribution is 2.29. The van der Waals surface area contributed by atoms with Crippen LogP contribution in [-0.2, 0) is 16.1 Å². The van der Waals surface area contributed by atoms with Crippen molar-refractivity contribution in [2.45, 2.75) is 18.7 Å². The minimum Gasteiger partial charge on any atom is -0.370 e. The summed E-state index contributed by atoms with van der Waals surface area (Å²) in [5.74, 6) is -0.164. The molecule has 2 heterocycles. The molecular formula is C15H20Cl5N5O2. The largest absolute Gasteiger partial charge is 0.370 e. The van der Waals surface area contributed by atoms with Crippen molar-refractivity contribution in [3.8, 4) is 0 Å². The topological polar surface area (TPSA) is 81.1 Å². The zero-order valence-electron chi connectivity index (χ0n) is 14.0. The Kier molecular flexibility index (Phi) is 12.2. The molecule has 1 fully saturated rings. The summed E-state index contributed by atoms with van der Waals surface area (Å²) in [6, 6.07) is 5.13. The molecule has 1 aromatic heterocycles. The van der Waals surface area contributed by atoms with E-state index in [4.69, 9.17) is 27.9 Å². The lowest BCUT2D eigenvalue weighted by atomic mass is 10.0. The first-order valence-corrected chi connectivity index (χ1v) is 8.28. The van der Waals surface area contributed by atoms with E-state index in [1.165, 1.54) is 17.3 Å². The number of hydrogen-bond donors (Lipinski definition) is 2. The number of hydrogen-bond acceptors (Lipinski definition) is 5. The maximum atomic E-state index is 12.3. The first-order valence-electron chi connectivity index (χ1n) is 7.52. The fourth-order valence-corrected chi connectivity index (χ4v) is 2.90. The van der Waals surface area contributed by atoms with Crippen LogP contribution >= 0.6 is 60.4 Å². The molecule has 1 amide bonds. The Morgan fingerprint density at radius 3 is 2.74 bits per heavy atom. The Morgan fingerprint density at radius 1 is 1.30 bits per heavy atom.